The van der Waals surface area contributed by atoms with Gasteiger partial charge in [-0.3, -0.25) is 0 Å². The molecule has 2 aromatic carbocycles. The lowest BCUT2D eigenvalue weighted by molar-refractivity contribution is -0.192. The summed E-state index contributed by atoms with van der Waals surface area (Å²) in [4.78, 5) is 8.90. The fourth-order valence-electron chi connectivity index (χ4n) is 4.50. The van der Waals surface area contributed by atoms with Gasteiger partial charge in [0.05, 0.1) is 17.2 Å². The molecule has 1 heterocycles. The van der Waals surface area contributed by atoms with Gasteiger partial charge in [-0.2, -0.15) is 18.4 Å². The number of ether oxygens (including phenoxy) is 1. The van der Waals surface area contributed by atoms with Crippen molar-refractivity contribution in [3.05, 3.63) is 59.2 Å². The molecule has 196 valence electrons. The number of halogens is 3. The number of rotatable bonds is 8. The number of nitrogens with zero attached hydrogens (tertiary/aromatic N) is 1. The molecule has 3 rings (SSSR count). The number of benzene rings is 2. The summed E-state index contributed by atoms with van der Waals surface area (Å²) in [6.45, 7) is 4.60. The van der Waals surface area contributed by atoms with Gasteiger partial charge in [-0.15, -0.1) is 0 Å². The van der Waals surface area contributed by atoms with Crippen molar-refractivity contribution in [1.29, 1.82) is 5.26 Å². The van der Waals surface area contributed by atoms with Crippen LogP contribution in [0.1, 0.15) is 48.8 Å². The zero-order valence-corrected chi connectivity index (χ0v) is 20.6. The van der Waals surface area contributed by atoms with Gasteiger partial charge >= 0.3 is 12.1 Å². The summed E-state index contributed by atoms with van der Waals surface area (Å²) >= 11 is 0. The highest BCUT2D eigenvalue weighted by molar-refractivity contribution is 5.73. The molecule has 1 saturated heterocycles. The largest absolute Gasteiger partial charge is 0.490 e. The van der Waals surface area contributed by atoms with Gasteiger partial charge in [0.2, 0.25) is 0 Å². The first-order valence-electron chi connectivity index (χ1n) is 11.9. The molecule has 0 aromatic heterocycles. The Kier molecular flexibility index (Phi) is 10.9. The molecular weight excluding hydrogens is 473 g/mol. The molecule has 0 amide bonds. The van der Waals surface area contributed by atoms with Crippen LogP contribution in [0, 0.1) is 24.2 Å². The first-order chi connectivity index (χ1) is 17.0. The van der Waals surface area contributed by atoms with Gasteiger partial charge in [0.25, 0.3) is 0 Å². The normalized spacial score (nSPS) is 17.3. The van der Waals surface area contributed by atoms with Crippen LogP contribution in [0.25, 0.3) is 11.1 Å². The highest BCUT2D eigenvalue weighted by Crippen LogP contribution is 2.43. The number of alkyl halides is 3. The Morgan fingerprint density at radius 3 is 2.50 bits per heavy atom. The van der Waals surface area contributed by atoms with Crippen molar-refractivity contribution in [2.45, 2.75) is 50.8 Å². The molecule has 2 atom stereocenters. The number of aliphatic hydroxyl groups is 1. The van der Waals surface area contributed by atoms with E-state index in [1.807, 2.05) is 24.3 Å². The van der Waals surface area contributed by atoms with Crippen molar-refractivity contribution >= 4 is 5.97 Å². The van der Waals surface area contributed by atoms with Crippen LogP contribution in [0.15, 0.2) is 42.5 Å². The third-order valence-corrected chi connectivity index (χ3v) is 6.32. The number of carboxylic acid groups (broad SMARTS) is 1. The number of unbranched alkanes of at least 4 members (excludes halogenated alkanes) is 1. The maximum atomic E-state index is 12.1. The third-order valence-electron chi connectivity index (χ3n) is 6.32. The van der Waals surface area contributed by atoms with E-state index in [0.717, 1.165) is 55.5 Å². The summed E-state index contributed by atoms with van der Waals surface area (Å²) in [6, 6.07) is 16.3. The maximum Gasteiger partial charge on any atom is 0.490 e. The fourth-order valence-corrected chi connectivity index (χ4v) is 4.50. The van der Waals surface area contributed by atoms with E-state index in [2.05, 4.69) is 36.5 Å². The van der Waals surface area contributed by atoms with E-state index in [1.54, 1.807) is 7.11 Å². The lowest BCUT2D eigenvalue weighted by atomic mass is 9.72. The molecule has 0 saturated carbocycles. The van der Waals surface area contributed by atoms with E-state index in [9.17, 15) is 23.5 Å². The van der Waals surface area contributed by atoms with Crippen LogP contribution in [-0.2, 0) is 15.1 Å². The van der Waals surface area contributed by atoms with Crippen LogP contribution in [0.5, 0.6) is 0 Å². The second-order valence-electron chi connectivity index (χ2n) is 8.96. The molecule has 6 nitrogen and oxygen atoms in total. The first kappa shape index (κ1) is 29.3. The van der Waals surface area contributed by atoms with E-state index < -0.39 is 17.7 Å². The van der Waals surface area contributed by atoms with Crippen LogP contribution in [0.2, 0.25) is 0 Å². The molecule has 1 aliphatic rings. The highest BCUT2D eigenvalue weighted by Gasteiger charge is 2.40. The number of carboxylic acids is 1. The number of aryl methyl sites for hydroxylation is 1. The van der Waals surface area contributed by atoms with Crippen LogP contribution < -0.4 is 5.32 Å². The minimum absolute atomic E-state index is 0.148. The second-order valence-corrected chi connectivity index (χ2v) is 8.96. The van der Waals surface area contributed by atoms with E-state index in [0.29, 0.717) is 18.6 Å². The Morgan fingerprint density at radius 1 is 1.22 bits per heavy atom. The second kappa shape index (κ2) is 13.4. The van der Waals surface area contributed by atoms with Crippen LogP contribution in [0.4, 0.5) is 13.2 Å². The number of piperidine rings is 1. The number of nitrogens with one attached hydrogen (secondary N) is 1. The first-order valence-corrected chi connectivity index (χ1v) is 11.9. The van der Waals surface area contributed by atoms with Gasteiger partial charge in [0, 0.05) is 26.2 Å². The molecule has 0 bridgehead atoms. The Hall–Kier alpha value is -2.93. The molecule has 1 fully saturated rings. The van der Waals surface area contributed by atoms with Crippen molar-refractivity contribution in [2.75, 3.05) is 26.8 Å². The van der Waals surface area contributed by atoms with Crippen LogP contribution in [0.3, 0.4) is 0 Å². The SMILES string of the molecule is COCCCC[C@@](O)(c1ccc(C#N)cc1-c1cccc(C)c1)[C@@H]1CCCNC1.O=C(O)C(F)(F)F. The summed E-state index contributed by atoms with van der Waals surface area (Å²) in [5.74, 6) is -2.61. The third kappa shape index (κ3) is 8.05. The van der Waals surface area contributed by atoms with Crippen LogP contribution in [-0.4, -0.2) is 49.2 Å². The summed E-state index contributed by atoms with van der Waals surface area (Å²) in [6.07, 6.45) is -0.501. The van der Waals surface area contributed by atoms with E-state index >= 15 is 0 Å². The monoisotopic (exact) mass is 506 g/mol. The van der Waals surface area contributed by atoms with Gasteiger partial charge in [-0.1, -0.05) is 35.9 Å². The number of carbonyl (C=O) groups is 1. The minimum Gasteiger partial charge on any atom is -0.475 e. The quantitative estimate of drug-likeness (QED) is 0.427. The summed E-state index contributed by atoms with van der Waals surface area (Å²) in [5.41, 5.74) is 3.80. The smallest absolute Gasteiger partial charge is 0.475 e. The molecule has 1 aliphatic heterocycles. The van der Waals surface area contributed by atoms with Gasteiger partial charge in [-0.25, -0.2) is 4.79 Å². The highest BCUT2D eigenvalue weighted by atomic mass is 19.4. The van der Waals surface area contributed by atoms with Crippen molar-refractivity contribution in [2.24, 2.45) is 5.92 Å². The number of methoxy groups -OCH3 is 1. The predicted octanol–water partition coefficient (Wildman–Crippen LogP) is 5.17. The molecule has 0 spiro atoms. The Labute approximate surface area is 209 Å². The predicted molar refractivity (Wildman–Crippen MR) is 130 cm³/mol. The summed E-state index contributed by atoms with van der Waals surface area (Å²) in [5, 5.41) is 32.2. The van der Waals surface area contributed by atoms with E-state index in [-0.39, 0.29) is 5.92 Å². The van der Waals surface area contributed by atoms with Crippen molar-refractivity contribution in [3.8, 4) is 17.2 Å². The molecule has 3 N–H and O–H groups in total. The topological polar surface area (TPSA) is 103 Å². The summed E-state index contributed by atoms with van der Waals surface area (Å²) in [7, 11) is 1.72. The lowest BCUT2D eigenvalue weighted by Gasteiger charge is -2.40. The van der Waals surface area contributed by atoms with Gasteiger partial charge in [-0.05, 0) is 74.4 Å². The zero-order valence-electron chi connectivity index (χ0n) is 20.6. The molecule has 36 heavy (non-hydrogen) atoms. The Bertz CT molecular complexity index is 1050. The van der Waals surface area contributed by atoms with E-state index in [1.165, 1.54) is 5.56 Å². The average molecular weight is 507 g/mol. The van der Waals surface area contributed by atoms with Gasteiger partial charge in [0.1, 0.15) is 0 Å². The number of hydrogen-bond acceptors (Lipinski definition) is 5. The maximum absolute atomic E-state index is 12.1. The molecule has 0 radical (unpaired) electrons. The van der Waals surface area contributed by atoms with Gasteiger partial charge < -0.3 is 20.3 Å². The van der Waals surface area contributed by atoms with Crippen molar-refractivity contribution in [3.63, 3.8) is 0 Å². The molecular formula is C27H33F3N2O4. The number of aliphatic carboxylic acids is 1. The zero-order chi connectivity index (χ0) is 26.8. The average Bonchev–Trinajstić information content (AvgIpc) is 2.86. The Balaban J connectivity index is 0.000000572. The van der Waals surface area contributed by atoms with Gasteiger partial charge in [0.15, 0.2) is 0 Å². The molecule has 0 aliphatic carbocycles. The Morgan fingerprint density at radius 2 is 1.94 bits per heavy atom. The lowest BCUT2D eigenvalue weighted by Crippen LogP contribution is -2.44. The molecule has 0 unspecified atom stereocenters. The standard InChI is InChI=1S/C25H32N2O2.C2HF3O2/c1-19-7-5-8-21(15-19)23-16-20(17-26)10-11-24(23)25(28,12-3-4-14-29-2)22-9-6-13-27-18-22;3-2(4,5)1(6)7/h5,7-8,10-11,15-16,22,27-28H,3-4,6,9,12-14,18H2,1-2H3;(H,6,7)/t22-,25+;/m1./s1. The summed E-state index contributed by atoms with van der Waals surface area (Å²) < 4.78 is 37.0. The number of nitriles is 1. The van der Waals surface area contributed by atoms with Crippen molar-refractivity contribution < 1.29 is 32.9 Å². The number of hydrogen-bond donors (Lipinski definition) is 3. The molecule has 2 aromatic rings. The van der Waals surface area contributed by atoms with Crippen LogP contribution >= 0.6 is 0 Å². The van der Waals surface area contributed by atoms with Crippen molar-refractivity contribution in [1.82, 2.24) is 5.32 Å². The fraction of sp³-hybridized carbons (Fsp3) is 0.481. The van der Waals surface area contributed by atoms with E-state index in [4.69, 9.17) is 14.6 Å². The molecule has 9 heteroatoms. The minimum atomic E-state index is -5.08.